The van der Waals surface area contributed by atoms with Crippen LogP contribution in [-0.4, -0.2) is 73.4 Å². The first-order valence-corrected chi connectivity index (χ1v) is 13.1. The van der Waals surface area contributed by atoms with Crippen molar-refractivity contribution >= 4 is 21.8 Å². The van der Waals surface area contributed by atoms with Gasteiger partial charge in [-0.15, -0.1) is 5.01 Å². The molecular formula is C24H27N5O8S. The fraction of sp³-hybridized carbons (Fsp3) is 0.292. The summed E-state index contributed by atoms with van der Waals surface area (Å²) in [5, 5.41) is 20.5. The van der Waals surface area contributed by atoms with Crippen molar-refractivity contribution in [3.8, 4) is 16.9 Å². The molecule has 3 aromatic rings. The van der Waals surface area contributed by atoms with Crippen molar-refractivity contribution in [2.75, 3.05) is 33.2 Å². The Labute approximate surface area is 219 Å². The van der Waals surface area contributed by atoms with E-state index in [1.54, 1.807) is 18.2 Å². The molecule has 0 fully saturated rings. The second kappa shape index (κ2) is 12.2. The number of aromatic nitrogens is 2. The second-order valence-electron chi connectivity index (χ2n) is 8.19. The molecule has 0 amide bonds. The molecule has 1 aromatic heterocycles. The minimum atomic E-state index is -3.38. The molecule has 0 atom stereocenters. The number of esters is 2. The maximum Gasteiger partial charge on any atom is 0.358 e. The second-order valence-corrected chi connectivity index (χ2v) is 10.2. The highest BCUT2D eigenvalue weighted by molar-refractivity contribution is 7.90. The van der Waals surface area contributed by atoms with Gasteiger partial charge in [-0.05, 0) is 37.3 Å². The number of carbonyl (C=O) groups excluding carboxylic acids is 2. The predicted octanol–water partition coefficient (Wildman–Crippen LogP) is 2.67. The lowest BCUT2D eigenvalue weighted by atomic mass is 10.1. The molecule has 0 aliphatic heterocycles. The molecular weight excluding hydrogens is 518 g/mol. The summed E-state index contributed by atoms with van der Waals surface area (Å²) in [5.74, 6) is -1.31. The number of ether oxygens (including phenoxy) is 2. The van der Waals surface area contributed by atoms with E-state index in [0.717, 1.165) is 22.4 Å². The van der Waals surface area contributed by atoms with Crippen LogP contribution in [0.15, 0.2) is 64.8 Å². The molecule has 202 valence electrons. The predicted molar refractivity (Wildman–Crippen MR) is 134 cm³/mol. The van der Waals surface area contributed by atoms with E-state index in [1.807, 2.05) is 31.2 Å². The van der Waals surface area contributed by atoms with Crippen LogP contribution in [0.25, 0.3) is 16.9 Å². The molecule has 0 radical (unpaired) electrons. The van der Waals surface area contributed by atoms with Crippen LogP contribution in [0, 0.1) is 12.1 Å². The zero-order valence-electron chi connectivity index (χ0n) is 21.2. The van der Waals surface area contributed by atoms with Crippen LogP contribution in [-0.2, 0) is 28.9 Å². The first kappa shape index (κ1) is 28.1. The minimum absolute atomic E-state index is 0.0174. The summed E-state index contributed by atoms with van der Waals surface area (Å²) in [6.07, 6.45) is 1.12. The average molecular weight is 546 g/mol. The quantitative estimate of drug-likeness (QED) is 0.0876. The van der Waals surface area contributed by atoms with Gasteiger partial charge in [-0.3, -0.25) is 4.79 Å². The molecule has 0 unspecified atom stereocenters. The van der Waals surface area contributed by atoms with Gasteiger partial charge < -0.3 is 19.5 Å². The van der Waals surface area contributed by atoms with Crippen LogP contribution in [0.1, 0.15) is 23.0 Å². The van der Waals surface area contributed by atoms with Crippen LogP contribution in [0.3, 0.4) is 0 Å². The van der Waals surface area contributed by atoms with Crippen molar-refractivity contribution in [2.24, 2.45) is 5.28 Å². The number of nitrogens with zero attached hydrogens (tertiary/aromatic N) is 5. The lowest BCUT2D eigenvalue weighted by Crippen LogP contribution is -2.30. The molecule has 38 heavy (non-hydrogen) atoms. The van der Waals surface area contributed by atoms with Crippen LogP contribution in [0.5, 0.6) is 0 Å². The van der Waals surface area contributed by atoms with Gasteiger partial charge in [0, 0.05) is 18.7 Å². The Bertz CT molecular complexity index is 1420. The Morgan fingerprint density at radius 3 is 2.37 bits per heavy atom. The Morgan fingerprint density at radius 2 is 1.76 bits per heavy atom. The molecule has 0 saturated heterocycles. The number of hydrogen-bond acceptors (Lipinski definition) is 10. The number of aryl methyl sites for hydroxylation is 1. The molecule has 13 nitrogen and oxygen atoms in total. The zero-order valence-corrected chi connectivity index (χ0v) is 22.0. The molecule has 0 aliphatic carbocycles. The summed E-state index contributed by atoms with van der Waals surface area (Å²) in [6, 6.07) is 15.3. The number of likely N-dealkylation sites (N-methyl/N-ethyl adjacent to an activating group) is 1. The van der Waals surface area contributed by atoms with Gasteiger partial charge in [0.15, 0.2) is 15.5 Å². The highest BCUT2D eigenvalue weighted by atomic mass is 32.2. The highest BCUT2D eigenvalue weighted by Gasteiger charge is 2.19. The monoisotopic (exact) mass is 545 g/mol. The zero-order chi connectivity index (χ0) is 27.9. The first-order chi connectivity index (χ1) is 18.0. The lowest BCUT2D eigenvalue weighted by Gasteiger charge is -2.12. The minimum Gasteiger partial charge on any atom is -0.569 e. The van der Waals surface area contributed by atoms with E-state index in [1.165, 1.54) is 30.8 Å². The van der Waals surface area contributed by atoms with Gasteiger partial charge in [-0.1, -0.05) is 29.8 Å². The van der Waals surface area contributed by atoms with Crippen molar-refractivity contribution in [3.05, 3.63) is 71.1 Å². The Balaban J connectivity index is 1.75. The van der Waals surface area contributed by atoms with Crippen molar-refractivity contribution in [2.45, 2.75) is 18.7 Å². The summed E-state index contributed by atoms with van der Waals surface area (Å²) in [4.78, 5) is 28.2. The van der Waals surface area contributed by atoms with Gasteiger partial charge in [0.25, 0.3) is 6.79 Å². The third-order valence-corrected chi connectivity index (χ3v) is 6.29. The highest BCUT2D eigenvalue weighted by Crippen LogP contribution is 2.25. The summed E-state index contributed by atoms with van der Waals surface area (Å²) in [7, 11) is -1.99. The number of hydrazine groups is 1. The van der Waals surface area contributed by atoms with Crippen LogP contribution < -0.4 is 0 Å². The summed E-state index contributed by atoms with van der Waals surface area (Å²) in [6.45, 7) is 2.44. The number of benzene rings is 2. The van der Waals surface area contributed by atoms with Crippen LogP contribution in [0.4, 0.5) is 0 Å². The molecule has 0 spiro atoms. The van der Waals surface area contributed by atoms with E-state index in [-0.39, 0.29) is 28.7 Å². The number of carbonyl (C=O) groups is 2. The molecule has 0 bridgehead atoms. The summed E-state index contributed by atoms with van der Waals surface area (Å²) >= 11 is 0. The van der Waals surface area contributed by atoms with Crippen LogP contribution in [0.2, 0.25) is 0 Å². The van der Waals surface area contributed by atoms with Gasteiger partial charge in [-0.25, -0.2) is 17.9 Å². The van der Waals surface area contributed by atoms with Crippen molar-refractivity contribution in [1.29, 1.82) is 0 Å². The van der Waals surface area contributed by atoms with E-state index >= 15 is 0 Å². The molecule has 2 aromatic carbocycles. The molecule has 0 aliphatic rings. The molecule has 0 saturated carbocycles. The van der Waals surface area contributed by atoms with E-state index < -0.39 is 28.6 Å². The van der Waals surface area contributed by atoms with Gasteiger partial charge in [-0.2, -0.15) is 5.10 Å². The van der Waals surface area contributed by atoms with Crippen molar-refractivity contribution in [3.63, 3.8) is 0 Å². The Morgan fingerprint density at radius 1 is 1.11 bits per heavy atom. The van der Waals surface area contributed by atoms with Crippen molar-refractivity contribution < 1.29 is 37.3 Å². The molecule has 1 heterocycles. The smallest absolute Gasteiger partial charge is 0.358 e. The fourth-order valence-electron chi connectivity index (χ4n) is 3.12. The maximum atomic E-state index is 12.8. The Hall–Kier alpha value is -4.46. The molecule has 0 N–H and O–H groups in total. The topological polar surface area (TPSA) is 155 Å². The van der Waals surface area contributed by atoms with Gasteiger partial charge in [0.1, 0.15) is 13.2 Å². The summed E-state index contributed by atoms with van der Waals surface area (Å²) < 4.78 is 35.0. The molecule has 3 rings (SSSR count). The standard InChI is InChI=1S/C24H27N5O8S/c1-17-5-7-19(8-6-17)23-15-22(25-28(23)20-9-11-21(12-10-20)38(4,33)34)24(31)35-14-13-27(3)29(32)26-37-16-36-18(2)30/h5-12,15H,13-14,16H2,1-4H3/b29-26-. The van der Waals surface area contributed by atoms with E-state index in [9.17, 15) is 23.2 Å². The normalized spacial score (nSPS) is 11.6. The van der Waals surface area contributed by atoms with Gasteiger partial charge >= 0.3 is 11.9 Å². The number of sulfone groups is 1. The third kappa shape index (κ3) is 7.52. The number of hydrogen-bond donors (Lipinski definition) is 0. The SMILES string of the molecule is CC(=O)OCO/N=[N+](\[O-])N(C)CCOC(=O)c1cc(-c2ccc(C)cc2)n(-c2ccc(S(C)(=O)=O)cc2)n1. The third-order valence-electron chi connectivity index (χ3n) is 5.16. The largest absolute Gasteiger partial charge is 0.569 e. The fourth-order valence-corrected chi connectivity index (χ4v) is 3.75. The van der Waals surface area contributed by atoms with Gasteiger partial charge in [0.2, 0.25) is 5.28 Å². The molecule has 14 heteroatoms. The Kier molecular flexibility index (Phi) is 9.02. The first-order valence-electron chi connectivity index (χ1n) is 11.2. The lowest BCUT2D eigenvalue weighted by molar-refractivity contribution is -0.706. The average Bonchev–Trinajstić information content (AvgIpc) is 3.32. The maximum absolute atomic E-state index is 12.8. The summed E-state index contributed by atoms with van der Waals surface area (Å²) in [5.41, 5.74) is 2.99. The van der Waals surface area contributed by atoms with E-state index in [2.05, 4.69) is 20.0 Å². The van der Waals surface area contributed by atoms with E-state index in [4.69, 9.17) is 4.74 Å². The van der Waals surface area contributed by atoms with Crippen molar-refractivity contribution in [1.82, 2.24) is 14.8 Å². The van der Waals surface area contributed by atoms with E-state index in [0.29, 0.717) is 11.4 Å². The van der Waals surface area contributed by atoms with Crippen LogP contribution >= 0.6 is 0 Å². The van der Waals surface area contributed by atoms with Gasteiger partial charge in [0.05, 0.1) is 28.3 Å². The number of rotatable bonds is 11.